The summed E-state index contributed by atoms with van der Waals surface area (Å²) in [5.74, 6) is -0.125. The van der Waals surface area contributed by atoms with Crippen molar-refractivity contribution in [3.05, 3.63) is 0 Å². The zero-order chi connectivity index (χ0) is 5.86. The topological polar surface area (TPSA) is 34.1 Å². The van der Waals surface area contributed by atoms with Crippen molar-refractivity contribution in [3.63, 3.8) is 0 Å². The van der Waals surface area contributed by atoms with E-state index in [4.69, 9.17) is 0 Å². The molecule has 0 aromatic carbocycles. The molecule has 0 saturated heterocycles. The molecule has 0 aliphatic carbocycles. The first-order valence-electron chi connectivity index (χ1n) is 2.12. The molecular formula is C5H8O2Pt2. The quantitative estimate of drug-likeness (QED) is 0.531. The van der Waals surface area contributed by atoms with Crippen LogP contribution in [-0.4, -0.2) is 11.6 Å². The summed E-state index contributed by atoms with van der Waals surface area (Å²) in [6.07, 6.45) is 0.0833. The van der Waals surface area contributed by atoms with Crippen molar-refractivity contribution in [2.45, 2.75) is 20.3 Å². The molecule has 9 heavy (non-hydrogen) atoms. The maximum Gasteiger partial charge on any atom is 0.137 e. The summed E-state index contributed by atoms with van der Waals surface area (Å²) >= 11 is 0. The van der Waals surface area contributed by atoms with E-state index in [-0.39, 0.29) is 60.1 Å². The predicted octanol–water partition coefficient (Wildman–Crippen LogP) is 0.549. The molecule has 0 aromatic rings. The summed E-state index contributed by atoms with van der Waals surface area (Å²) < 4.78 is 0. The van der Waals surface area contributed by atoms with Crippen LogP contribution in [0.3, 0.4) is 0 Å². The van der Waals surface area contributed by atoms with Gasteiger partial charge in [0.1, 0.15) is 11.6 Å². The zero-order valence-corrected chi connectivity index (χ0v) is 9.70. The Labute approximate surface area is 83.3 Å². The van der Waals surface area contributed by atoms with E-state index in [1.54, 1.807) is 0 Å². The maximum atomic E-state index is 10.0. The van der Waals surface area contributed by atoms with E-state index in [0.717, 1.165) is 0 Å². The first-order valence-corrected chi connectivity index (χ1v) is 2.12. The SMILES string of the molecule is CC(=O)CC(C)=O.[Pt].[Pt]. The number of Topliss-reactive ketones (excluding diaryl/α,β-unsaturated/α-hetero) is 2. The third-order valence-corrected chi connectivity index (χ3v) is 0.498. The Morgan fingerprint density at radius 2 is 1.22 bits per heavy atom. The van der Waals surface area contributed by atoms with Crippen LogP contribution in [0, 0.1) is 0 Å². The normalized spacial score (nSPS) is 6.44. The Hall–Kier alpha value is 0.717. The molecule has 2 nitrogen and oxygen atoms in total. The van der Waals surface area contributed by atoms with Crippen LogP contribution in [-0.2, 0) is 51.7 Å². The van der Waals surface area contributed by atoms with Crippen LogP contribution in [0.1, 0.15) is 20.3 Å². The Balaban J connectivity index is -0.000000180. The summed E-state index contributed by atoms with van der Waals surface area (Å²) in [7, 11) is 0. The van der Waals surface area contributed by atoms with E-state index in [1.165, 1.54) is 13.8 Å². The van der Waals surface area contributed by atoms with Gasteiger partial charge >= 0.3 is 0 Å². The Morgan fingerprint density at radius 1 is 1.00 bits per heavy atom. The second-order valence-corrected chi connectivity index (χ2v) is 1.58. The van der Waals surface area contributed by atoms with E-state index in [2.05, 4.69) is 0 Å². The summed E-state index contributed by atoms with van der Waals surface area (Å²) in [6.45, 7) is 2.81. The molecule has 0 rings (SSSR count). The van der Waals surface area contributed by atoms with Gasteiger partial charge in [0.15, 0.2) is 0 Å². The fourth-order valence-electron chi connectivity index (χ4n) is 0.351. The van der Waals surface area contributed by atoms with Crippen LogP contribution < -0.4 is 0 Å². The summed E-state index contributed by atoms with van der Waals surface area (Å²) in [5.41, 5.74) is 0. The molecule has 0 spiro atoms. The van der Waals surface area contributed by atoms with Gasteiger partial charge in [-0.2, -0.15) is 0 Å². The molecule has 4 heteroatoms. The Kier molecular flexibility index (Phi) is 15.8. The molecule has 0 unspecified atom stereocenters. The largest absolute Gasteiger partial charge is 0.300 e. The average molecular weight is 490 g/mol. The minimum atomic E-state index is -0.0625. The van der Waals surface area contributed by atoms with E-state index in [1.807, 2.05) is 0 Å². The second kappa shape index (κ2) is 8.72. The zero-order valence-electron chi connectivity index (χ0n) is 5.16. The van der Waals surface area contributed by atoms with E-state index in [0.29, 0.717) is 0 Å². The first kappa shape index (κ1) is 16.4. The fourth-order valence-corrected chi connectivity index (χ4v) is 0.351. The molecule has 0 saturated carbocycles. The van der Waals surface area contributed by atoms with Crippen molar-refractivity contribution in [3.8, 4) is 0 Å². The molecule has 0 aromatic heterocycles. The minimum Gasteiger partial charge on any atom is -0.300 e. The molecule has 0 radical (unpaired) electrons. The van der Waals surface area contributed by atoms with Gasteiger partial charge < -0.3 is 0 Å². The van der Waals surface area contributed by atoms with Crippen molar-refractivity contribution in [2.75, 3.05) is 0 Å². The summed E-state index contributed by atoms with van der Waals surface area (Å²) in [4.78, 5) is 20.1. The van der Waals surface area contributed by atoms with Gasteiger partial charge in [-0.3, -0.25) is 9.59 Å². The van der Waals surface area contributed by atoms with Gasteiger partial charge in [0, 0.05) is 42.1 Å². The minimum absolute atomic E-state index is 0. The molecule has 0 heterocycles. The monoisotopic (exact) mass is 490 g/mol. The molecule has 0 atom stereocenters. The fraction of sp³-hybridized carbons (Fsp3) is 0.600. The molecule has 60 valence electrons. The number of carbonyl (C=O) groups is 2. The van der Waals surface area contributed by atoms with E-state index in [9.17, 15) is 9.59 Å². The average Bonchev–Trinajstić information content (AvgIpc) is 1.27. The van der Waals surface area contributed by atoms with E-state index >= 15 is 0 Å². The number of rotatable bonds is 2. The molecule has 0 fully saturated rings. The van der Waals surface area contributed by atoms with Gasteiger partial charge in [-0.1, -0.05) is 0 Å². The standard InChI is InChI=1S/C5H8O2.2Pt/c1-4(6)3-5(2)7;;/h3H2,1-2H3;;. The van der Waals surface area contributed by atoms with Crippen LogP contribution in [0.2, 0.25) is 0 Å². The first-order chi connectivity index (χ1) is 3.13. The molecular weight excluding hydrogens is 482 g/mol. The maximum absolute atomic E-state index is 10.0. The van der Waals surface area contributed by atoms with Crippen molar-refractivity contribution >= 4 is 11.6 Å². The third kappa shape index (κ3) is 17.7. The van der Waals surface area contributed by atoms with Gasteiger partial charge in [-0.05, 0) is 13.8 Å². The summed E-state index contributed by atoms with van der Waals surface area (Å²) in [6, 6.07) is 0. The molecule has 0 aliphatic heterocycles. The van der Waals surface area contributed by atoms with Crippen LogP contribution in [0.25, 0.3) is 0 Å². The Morgan fingerprint density at radius 3 is 1.22 bits per heavy atom. The van der Waals surface area contributed by atoms with Crippen LogP contribution in [0.5, 0.6) is 0 Å². The number of ketones is 2. The summed E-state index contributed by atoms with van der Waals surface area (Å²) in [5, 5.41) is 0. The smallest absolute Gasteiger partial charge is 0.137 e. The van der Waals surface area contributed by atoms with Crippen LogP contribution in [0.15, 0.2) is 0 Å². The molecule has 0 bridgehead atoms. The molecule has 0 N–H and O–H groups in total. The van der Waals surface area contributed by atoms with Gasteiger partial charge in [-0.15, -0.1) is 0 Å². The van der Waals surface area contributed by atoms with Gasteiger partial charge in [0.25, 0.3) is 0 Å². The molecule has 0 aliphatic rings. The van der Waals surface area contributed by atoms with Gasteiger partial charge in [-0.25, -0.2) is 0 Å². The second-order valence-electron chi connectivity index (χ2n) is 1.58. The van der Waals surface area contributed by atoms with Crippen molar-refractivity contribution in [2.24, 2.45) is 0 Å². The number of hydrogen-bond acceptors (Lipinski definition) is 2. The van der Waals surface area contributed by atoms with E-state index < -0.39 is 0 Å². The van der Waals surface area contributed by atoms with Crippen molar-refractivity contribution < 1.29 is 51.7 Å². The van der Waals surface area contributed by atoms with Crippen LogP contribution in [0.4, 0.5) is 0 Å². The number of carbonyl (C=O) groups excluding carboxylic acids is 2. The van der Waals surface area contributed by atoms with Crippen LogP contribution >= 0.6 is 0 Å². The number of hydrogen-bond donors (Lipinski definition) is 0. The van der Waals surface area contributed by atoms with Crippen molar-refractivity contribution in [1.29, 1.82) is 0 Å². The Bertz CT molecular complexity index is 89.1. The van der Waals surface area contributed by atoms with Gasteiger partial charge in [0.2, 0.25) is 0 Å². The van der Waals surface area contributed by atoms with Crippen molar-refractivity contribution in [1.82, 2.24) is 0 Å². The predicted molar refractivity (Wildman–Crippen MR) is 26.0 cm³/mol. The molecule has 0 amide bonds. The third-order valence-electron chi connectivity index (χ3n) is 0.498. The van der Waals surface area contributed by atoms with Gasteiger partial charge in [0.05, 0.1) is 6.42 Å².